The van der Waals surface area contributed by atoms with E-state index in [0.29, 0.717) is 24.2 Å². The summed E-state index contributed by atoms with van der Waals surface area (Å²) >= 11 is 0. The van der Waals surface area contributed by atoms with Crippen molar-refractivity contribution in [2.24, 2.45) is 0 Å². The summed E-state index contributed by atoms with van der Waals surface area (Å²) in [5, 5.41) is 11.6. The Bertz CT molecular complexity index is 614. The van der Waals surface area contributed by atoms with E-state index in [1.54, 1.807) is 11.0 Å². The van der Waals surface area contributed by atoms with Crippen molar-refractivity contribution in [3.05, 3.63) is 29.3 Å². The third-order valence-electron chi connectivity index (χ3n) is 3.26. The normalized spacial score (nSPS) is 13.8. The standard InChI is InChI=1S/C16H18N2O3/c1-12-6-7-14(13(10-12)4-3-9-19)17-15(20)11-18-8-2-5-16(18)21/h6-7,10,19H,2,5,8-9,11H2,1H3,(H,17,20). The van der Waals surface area contributed by atoms with Gasteiger partial charge in [0, 0.05) is 18.5 Å². The molecule has 5 nitrogen and oxygen atoms in total. The predicted octanol–water partition coefficient (Wildman–Crippen LogP) is 0.900. The minimum atomic E-state index is -0.235. The van der Waals surface area contributed by atoms with Crippen LogP contribution >= 0.6 is 0 Å². The first kappa shape index (κ1) is 15.1. The van der Waals surface area contributed by atoms with Crippen LogP contribution in [0.2, 0.25) is 0 Å². The maximum Gasteiger partial charge on any atom is 0.244 e. The van der Waals surface area contributed by atoms with E-state index < -0.39 is 0 Å². The largest absolute Gasteiger partial charge is 0.384 e. The molecule has 1 aliphatic rings. The fourth-order valence-electron chi connectivity index (χ4n) is 2.24. The lowest BCUT2D eigenvalue weighted by Gasteiger charge is -2.15. The molecule has 0 aliphatic carbocycles. The van der Waals surface area contributed by atoms with Crippen LogP contribution in [-0.4, -0.2) is 41.5 Å². The fraction of sp³-hybridized carbons (Fsp3) is 0.375. The summed E-state index contributed by atoms with van der Waals surface area (Å²) in [6, 6.07) is 5.50. The van der Waals surface area contributed by atoms with Crippen molar-refractivity contribution in [3.63, 3.8) is 0 Å². The van der Waals surface area contributed by atoms with Gasteiger partial charge in [0.25, 0.3) is 0 Å². The molecule has 0 bridgehead atoms. The van der Waals surface area contributed by atoms with Crippen LogP contribution in [-0.2, 0) is 9.59 Å². The molecule has 0 unspecified atom stereocenters. The number of aliphatic hydroxyl groups is 1. The minimum absolute atomic E-state index is 0.0225. The number of rotatable bonds is 3. The van der Waals surface area contributed by atoms with Crippen molar-refractivity contribution in [3.8, 4) is 11.8 Å². The zero-order chi connectivity index (χ0) is 15.2. The SMILES string of the molecule is Cc1ccc(NC(=O)CN2CCCC2=O)c(C#CCO)c1. The summed E-state index contributed by atoms with van der Waals surface area (Å²) in [6.07, 6.45) is 1.33. The highest BCUT2D eigenvalue weighted by Gasteiger charge is 2.22. The molecule has 0 aromatic heterocycles. The molecule has 5 heteroatoms. The van der Waals surface area contributed by atoms with Crippen molar-refractivity contribution in [1.82, 2.24) is 4.90 Å². The van der Waals surface area contributed by atoms with Crippen molar-refractivity contribution >= 4 is 17.5 Å². The van der Waals surface area contributed by atoms with E-state index >= 15 is 0 Å². The smallest absolute Gasteiger partial charge is 0.244 e. The van der Waals surface area contributed by atoms with Gasteiger partial charge < -0.3 is 15.3 Å². The summed E-state index contributed by atoms with van der Waals surface area (Å²) in [5.41, 5.74) is 2.27. The van der Waals surface area contributed by atoms with Crippen molar-refractivity contribution in [1.29, 1.82) is 0 Å². The third-order valence-corrected chi connectivity index (χ3v) is 3.26. The maximum absolute atomic E-state index is 12.0. The Morgan fingerprint density at radius 1 is 1.48 bits per heavy atom. The number of likely N-dealkylation sites (tertiary alicyclic amines) is 1. The summed E-state index contributed by atoms with van der Waals surface area (Å²) in [6.45, 7) is 2.40. The lowest BCUT2D eigenvalue weighted by Crippen LogP contribution is -2.34. The molecule has 1 aromatic carbocycles. The van der Waals surface area contributed by atoms with E-state index in [9.17, 15) is 9.59 Å². The minimum Gasteiger partial charge on any atom is -0.384 e. The van der Waals surface area contributed by atoms with Crippen LogP contribution in [0, 0.1) is 18.8 Å². The Morgan fingerprint density at radius 2 is 2.29 bits per heavy atom. The highest BCUT2D eigenvalue weighted by Crippen LogP contribution is 2.17. The van der Waals surface area contributed by atoms with Gasteiger partial charge in [0.2, 0.25) is 11.8 Å². The quantitative estimate of drug-likeness (QED) is 0.811. The number of hydrogen-bond donors (Lipinski definition) is 2. The van der Waals surface area contributed by atoms with E-state index in [2.05, 4.69) is 17.2 Å². The molecule has 0 atom stereocenters. The molecular formula is C16H18N2O3. The lowest BCUT2D eigenvalue weighted by atomic mass is 10.1. The van der Waals surface area contributed by atoms with Gasteiger partial charge >= 0.3 is 0 Å². The number of anilines is 1. The van der Waals surface area contributed by atoms with Gasteiger partial charge in [-0.15, -0.1) is 0 Å². The molecule has 2 rings (SSSR count). The molecule has 1 heterocycles. The van der Waals surface area contributed by atoms with Gasteiger partial charge in [0.05, 0.1) is 12.2 Å². The van der Waals surface area contributed by atoms with Crippen molar-refractivity contribution in [2.75, 3.05) is 25.0 Å². The molecule has 1 aromatic rings. The second-order valence-corrected chi connectivity index (χ2v) is 4.98. The fourth-order valence-corrected chi connectivity index (χ4v) is 2.24. The average Bonchev–Trinajstić information content (AvgIpc) is 2.84. The topological polar surface area (TPSA) is 69.6 Å². The number of amides is 2. The van der Waals surface area contributed by atoms with Crippen LogP contribution in [0.3, 0.4) is 0 Å². The van der Waals surface area contributed by atoms with E-state index in [0.717, 1.165) is 12.0 Å². The van der Waals surface area contributed by atoms with Gasteiger partial charge in [0.15, 0.2) is 0 Å². The van der Waals surface area contributed by atoms with Gasteiger partial charge in [0.1, 0.15) is 6.61 Å². The summed E-state index contributed by atoms with van der Waals surface area (Å²) in [7, 11) is 0. The molecule has 0 spiro atoms. The van der Waals surface area contributed by atoms with Crippen LogP contribution in [0.5, 0.6) is 0 Å². The molecule has 1 saturated heterocycles. The van der Waals surface area contributed by atoms with Gasteiger partial charge in [-0.3, -0.25) is 9.59 Å². The second-order valence-electron chi connectivity index (χ2n) is 4.98. The highest BCUT2D eigenvalue weighted by molar-refractivity contribution is 5.96. The number of aliphatic hydroxyl groups excluding tert-OH is 1. The molecule has 0 radical (unpaired) electrons. The van der Waals surface area contributed by atoms with Crippen LogP contribution in [0.4, 0.5) is 5.69 Å². The number of aryl methyl sites for hydroxylation is 1. The number of carbonyl (C=O) groups excluding carboxylic acids is 2. The van der Waals surface area contributed by atoms with Gasteiger partial charge in [-0.05, 0) is 31.0 Å². The molecule has 1 fully saturated rings. The Balaban J connectivity index is 2.07. The summed E-state index contributed by atoms with van der Waals surface area (Å²) in [4.78, 5) is 25.1. The maximum atomic E-state index is 12.0. The Labute approximate surface area is 124 Å². The predicted molar refractivity (Wildman–Crippen MR) is 79.6 cm³/mol. The Kier molecular flexibility index (Phi) is 4.96. The summed E-state index contributed by atoms with van der Waals surface area (Å²) in [5.74, 6) is 5.18. The van der Waals surface area contributed by atoms with E-state index in [-0.39, 0.29) is 25.0 Å². The summed E-state index contributed by atoms with van der Waals surface area (Å²) < 4.78 is 0. The van der Waals surface area contributed by atoms with Crippen molar-refractivity contribution in [2.45, 2.75) is 19.8 Å². The first-order valence-corrected chi connectivity index (χ1v) is 6.88. The van der Waals surface area contributed by atoms with E-state index in [1.807, 2.05) is 19.1 Å². The van der Waals surface area contributed by atoms with Crippen LogP contribution in [0.25, 0.3) is 0 Å². The number of nitrogens with zero attached hydrogens (tertiary/aromatic N) is 1. The Morgan fingerprint density at radius 3 is 2.95 bits per heavy atom. The monoisotopic (exact) mass is 286 g/mol. The number of hydrogen-bond acceptors (Lipinski definition) is 3. The zero-order valence-corrected chi connectivity index (χ0v) is 12.0. The van der Waals surface area contributed by atoms with Crippen LogP contribution in [0.15, 0.2) is 18.2 Å². The average molecular weight is 286 g/mol. The van der Waals surface area contributed by atoms with Gasteiger partial charge in [-0.2, -0.15) is 0 Å². The number of nitrogens with one attached hydrogen (secondary N) is 1. The molecule has 110 valence electrons. The van der Waals surface area contributed by atoms with E-state index in [4.69, 9.17) is 5.11 Å². The first-order chi connectivity index (χ1) is 10.1. The van der Waals surface area contributed by atoms with Gasteiger partial charge in [-0.25, -0.2) is 0 Å². The van der Waals surface area contributed by atoms with E-state index in [1.165, 1.54) is 0 Å². The highest BCUT2D eigenvalue weighted by atomic mass is 16.2. The number of carbonyl (C=O) groups is 2. The molecular weight excluding hydrogens is 268 g/mol. The molecule has 2 amide bonds. The Hall–Kier alpha value is -2.32. The molecule has 0 saturated carbocycles. The number of benzene rings is 1. The second kappa shape index (κ2) is 6.91. The molecule has 21 heavy (non-hydrogen) atoms. The van der Waals surface area contributed by atoms with Crippen molar-refractivity contribution < 1.29 is 14.7 Å². The molecule has 1 aliphatic heterocycles. The zero-order valence-electron chi connectivity index (χ0n) is 12.0. The van der Waals surface area contributed by atoms with Crippen LogP contribution in [0.1, 0.15) is 24.0 Å². The first-order valence-electron chi connectivity index (χ1n) is 6.88. The third kappa shape index (κ3) is 4.07. The molecule has 2 N–H and O–H groups in total. The van der Waals surface area contributed by atoms with Crippen LogP contribution < -0.4 is 5.32 Å². The van der Waals surface area contributed by atoms with Gasteiger partial charge in [-0.1, -0.05) is 17.9 Å². The lowest BCUT2D eigenvalue weighted by molar-refractivity contribution is -0.131.